The van der Waals surface area contributed by atoms with Crippen LogP contribution in [0.25, 0.3) is 0 Å². The number of carboxylic acid groups (broad SMARTS) is 1. The first kappa shape index (κ1) is 13.1. The molecule has 0 radical (unpaired) electrons. The van der Waals surface area contributed by atoms with Crippen LogP contribution >= 0.6 is 0 Å². The van der Waals surface area contributed by atoms with E-state index in [1.165, 1.54) is 10.9 Å². The Bertz CT molecular complexity index is 364. The van der Waals surface area contributed by atoms with Gasteiger partial charge < -0.3 is 10.4 Å². The predicted molar refractivity (Wildman–Crippen MR) is 59.1 cm³/mol. The van der Waals surface area contributed by atoms with Crippen LogP contribution in [0, 0.1) is 0 Å². The summed E-state index contributed by atoms with van der Waals surface area (Å²) < 4.78 is 1.34. The van der Waals surface area contributed by atoms with E-state index in [1.54, 1.807) is 6.20 Å². The van der Waals surface area contributed by atoms with Crippen LogP contribution in [0.5, 0.6) is 0 Å². The lowest BCUT2D eigenvalue weighted by Crippen LogP contribution is -2.42. The molecular weight excluding hydrogens is 224 g/mol. The van der Waals surface area contributed by atoms with Crippen LogP contribution in [0.2, 0.25) is 0 Å². The first-order valence-electron chi connectivity index (χ1n) is 5.49. The zero-order valence-electron chi connectivity index (χ0n) is 9.67. The summed E-state index contributed by atoms with van der Waals surface area (Å²) in [6, 6.07) is -0.828. The van der Waals surface area contributed by atoms with E-state index in [-0.39, 0.29) is 12.5 Å². The fraction of sp³-hybridized carbons (Fsp3) is 0.600. The van der Waals surface area contributed by atoms with Crippen molar-refractivity contribution in [2.24, 2.45) is 0 Å². The molecule has 2 N–H and O–H groups in total. The number of carboxylic acids is 1. The average Bonchev–Trinajstić information content (AvgIpc) is 2.76. The van der Waals surface area contributed by atoms with E-state index in [9.17, 15) is 9.59 Å². The zero-order chi connectivity index (χ0) is 12.7. The second-order valence-corrected chi connectivity index (χ2v) is 3.70. The van der Waals surface area contributed by atoms with E-state index in [0.29, 0.717) is 6.42 Å². The number of aliphatic carboxylic acids is 1. The summed E-state index contributed by atoms with van der Waals surface area (Å²) in [5, 5.41) is 18.6. The number of carbonyl (C=O) groups is 2. The van der Waals surface area contributed by atoms with Crippen LogP contribution in [-0.2, 0) is 16.1 Å². The van der Waals surface area contributed by atoms with Crippen molar-refractivity contribution in [2.75, 3.05) is 0 Å². The van der Waals surface area contributed by atoms with E-state index in [2.05, 4.69) is 15.6 Å². The third kappa shape index (κ3) is 4.62. The van der Waals surface area contributed by atoms with Gasteiger partial charge in [0.05, 0.1) is 6.20 Å². The highest BCUT2D eigenvalue weighted by molar-refractivity contribution is 5.83. The van der Waals surface area contributed by atoms with Gasteiger partial charge in [-0.05, 0) is 6.42 Å². The lowest BCUT2D eigenvalue weighted by molar-refractivity contribution is -0.142. The number of unbranched alkanes of at least 4 members (excludes halogenated alkanes) is 1. The second kappa shape index (κ2) is 6.62. The third-order valence-electron chi connectivity index (χ3n) is 2.26. The van der Waals surface area contributed by atoms with Crippen molar-refractivity contribution >= 4 is 11.9 Å². The van der Waals surface area contributed by atoms with Gasteiger partial charge in [0, 0.05) is 6.20 Å². The smallest absolute Gasteiger partial charge is 0.326 e. The summed E-state index contributed by atoms with van der Waals surface area (Å²) in [5.74, 6) is -1.38. The van der Waals surface area contributed by atoms with Gasteiger partial charge in [0.1, 0.15) is 12.6 Å². The van der Waals surface area contributed by atoms with Gasteiger partial charge in [-0.3, -0.25) is 4.79 Å². The van der Waals surface area contributed by atoms with Crippen molar-refractivity contribution in [1.29, 1.82) is 0 Å². The van der Waals surface area contributed by atoms with Gasteiger partial charge in [-0.2, -0.15) is 0 Å². The summed E-state index contributed by atoms with van der Waals surface area (Å²) in [6.07, 6.45) is 5.10. The molecule has 1 unspecified atom stereocenters. The molecule has 17 heavy (non-hydrogen) atoms. The monoisotopic (exact) mass is 240 g/mol. The Morgan fingerprint density at radius 3 is 2.82 bits per heavy atom. The molecule has 1 atom stereocenters. The quantitative estimate of drug-likeness (QED) is 0.701. The third-order valence-corrected chi connectivity index (χ3v) is 2.26. The summed E-state index contributed by atoms with van der Waals surface area (Å²) in [4.78, 5) is 22.4. The van der Waals surface area contributed by atoms with Crippen LogP contribution < -0.4 is 5.32 Å². The van der Waals surface area contributed by atoms with Gasteiger partial charge in [0.25, 0.3) is 0 Å². The van der Waals surface area contributed by atoms with Gasteiger partial charge in [0.2, 0.25) is 5.91 Å². The highest BCUT2D eigenvalue weighted by Gasteiger charge is 2.19. The van der Waals surface area contributed by atoms with Gasteiger partial charge in [-0.25, -0.2) is 9.48 Å². The van der Waals surface area contributed by atoms with Crippen LogP contribution in [-0.4, -0.2) is 38.0 Å². The molecular formula is C10H16N4O3. The highest BCUT2D eigenvalue weighted by atomic mass is 16.4. The van der Waals surface area contributed by atoms with Crippen molar-refractivity contribution < 1.29 is 14.7 Å². The van der Waals surface area contributed by atoms with Gasteiger partial charge >= 0.3 is 5.97 Å². The summed E-state index contributed by atoms with van der Waals surface area (Å²) >= 11 is 0. The minimum atomic E-state index is -1.01. The number of hydrogen-bond acceptors (Lipinski definition) is 4. The summed E-state index contributed by atoms with van der Waals surface area (Å²) in [5.41, 5.74) is 0. The number of nitrogens with zero attached hydrogens (tertiary/aromatic N) is 3. The lowest BCUT2D eigenvalue weighted by atomic mass is 10.1. The largest absolute Gasteiger partial charge is 0.480 e. The Labute approximate surface area is 98.8 Å². The number of amides is 1. The fourth-order valence-corrected chi connectivity index (χ4v) is 1.37. The molecule has 0 aliphatic heterocycles. The van der Waals surface area contributed by atoms with E-state index in [0.717, 1.165) is 12.8 Å². The van der Waals surface area contributed by atoms with Crippen LogP contribution in [0.3, 0.4) is 0 Å². The fourth-order valence-electron chi connectivity index (χ4n) is 1.37. The predicted octanol–water partition coefficient (Wildman–Crippen LogP) is 0.0377. The van der Waals surface area contributed by atoms with Gasteiger partial charge in [-0.1, -0.05) is 25.0 Å². The van der Waals surface area contributed by atoms with Crippen LogP contribution in [0.4, 0.5) is 0 Å². The number of hydrogen-bond donors (Lipinski definition) is 2. The first-order chi connectivity index (χ1) is 8.13. The maximum absolute atomic E-state index is 11.5. The molecule has 0 saturated heterocycles. The number of nitrogens with one attached hydrogen (secondary N) is 1. The number of aromatic nitrogens is 3. The Kier molecular flexibility index (Phi) is 5.12. The molecule has 0 saturated carbocycles. The molecule has 0 fully saturated rings. The molecule has 0 aromatic carbocycles. The molecule has 0 aliphatic rings. The normalized spacial score (nSPS) is 12.1. The van der Waals surface area contributed by atoms with Crippen molar-refractivity contribution in [1.82, 2.24) is 20.3 Å². The molecule has 0 bridgehead atoms. The molecule has 0 aliphatic carbocycles. The summed E-state index contributed by atoms with van der Waals surface area (Å²) in [7, 11) is 0. The van der Waals surface area contributed by atoms with Crippen molar-refractivity contribution in [3.05, 3.63) is 12.4 Å². The zero-order valence-corrected chi connectivity index (χ0v) is 9.67. The minimum absolute atomic E-state index is 0.0180. The lowest BCUT2D eigenvalue weighted by Gasteiger charge is -2.13. The Morgan fingerprint density at radius 2 is 2.29 bits per heavy atom. The van der Waals surface area contributed by atoms with E-state index in [1.807, 2.05) is 6.92 Å². The van der Waals surface area contributed by atoms with Crippen molar-refractivity contribution in [2.45, 2.75) is 38.8 Å². The second-order valence-electron chi connectivity index (χ2n) is 3.70. The Balaban J connectivity index is 2.43. The average molecular weight is 240 g/mol. The summed E-state index contributed by atoms with van der Waals surface area (Å²) in [6.45, 7) is 1.95. The highest BCUT2D eigenvalue weighted by Crippen LogP contribution is 2.01. The maximum atomic E-state index is 11.5. The molecule has 1 amide bonds. The Hall–Kier alpha value is -1.92. The molecule has 0 spiro atoms. The standard InChI is InChI=1S/C10H16N4O3/c1-2-3-4-8(10(16)17)12-9(15)7-14-6-5-11-13-14/h5-6,8H,2-4,7H2,1H3,(H,12,15)(H,16,17). The van der Waals surface area contributed by atoms with E-state index in [4.69, 9.17) is 5.11 Å². The number of carbonyl (C=O) groups excluding carboxylic acids is 1. The molecule has 1 rings (SSSR count). The topological polar surface area (TPSA) is 97.1 Å². The minimum Gasteiger partial charge on any atom is -0.480 e. The first-order valence-corrected chi connectivity index (χ1v) is 5.49. The van der Waals surface area contributed by atoms with Crippen LogP contribution in [0.1, 0.15) is 26.2 Å². The van der Waals surface area contributed by atoms with Crippen LogP contribution in [0.15, 0.2) is 12.4 Å². The SMILES string of the molecule is CCCCC(NC(=O)Cn1ccnn1)C(=O)O. The molecule has 94 valence electrons. The number of rotatable bonds is 7. The molecule has 7 heteroatoms. The Morgan fingerprint density at radius 1 is 1.53 bits per heavy atom. The maximum Gasteiger partial charge on any atom is 0.326 e. The van der Waals surface area contributed by atoms with Gasteiger partial charge in [0.15, 0.2) is 0 Å². The molecule has 1 heterocycles. The van der Waals surface area contributed by atoms with Crippen molar-refractivity contribution in [3.63, 3.8) is 0 Å². The molecule has 1 aromatic heterocycles. The van der Waals surface area contributed by atoms with Gasteiger partial charge in [-0.15, -0.1) is 5.10 Å². The van der Waals surface area contributed by atoms with E-state index >= 15 is 0 Å². The van der Waals surface area contributed by atoms with Crippen molar-refractivity contribution in [3.8, 4) is 0 Å². The molecule has 1 aromatic rings. The van der Waals surface area contributed by atoms with E-state index < -0.39 is 12.0 Å². The molecule has 7 nitrogen and oxygen atoms in total.